The maximum Gasteiger partial charge on any atom is 0.250 e. The fourth-order valence-electron chi connectivity index (χ4n) is 4.78. The summed E-state index contributed by atoms with van der Waals surface area (Å²) in [5.41, 5.74) is 7.48. The van der Waals surface area contributed by atoms with E-state index in [1.807, 2.05) is 18.2 Å². The molecular weight excluding hydrogens is 537 g/mol. The first-order chi connectivity index (χ1) is 19.4. The van der Waals surface area contributed by atoms with Gasteiger partial charge >= 0.3 is 0 Å². The Morgan fingerprint density at radius 1 is 1.15 bits per heavy atom. The summed E-state index contributed by atoms with van der Waals surface area (Å²) in [6, 6.07) is 14.5. The van der Waals surface area contributed by atoms with Crippen LogP contribution in [0.15, 0.2) is 66.0 Å². The van der Waals surface area contributed by atoms with E-state index in [0.29, 0.717) is 41.4 Å². The first-order valence-electron chi connectivity index (χ1n) is 12.6. The van der Waals surface area contributed by atoms with Crippen molar-refractivity contribution in [3.63, 3.8) is 0 Å². The van der Waals surface area contributed by atoms with Crippen LogP contribution in [0.1, 0.15) is 15.9 Å². The summed E-state index contributed by atoms with van der Waals surface area (Å²) in [4.78, 5) is 17.3. The van der Waals surface area contributed by atoms with Crippen molar-refractivity contribution in [3.8, 4) is 5.75 Å². The molecule has 2 aromatic heterocycles. The van der Waals surface area contributed by atoms with Crippen LogP contribution in [-0.4, -0.2) is 71.5 Å². The summed E-state index contributed by atoms with van der Waals surface area (Å²) in [6.45, 7) is 2.46. The minimum atomic E-state index is -0.563. The Kier molecular flexibility index (Phi) is 8.50. The molecule has 1 amide bonds. The van der Waals surface area contributed by atoms with Crippen molar-refractivity contribution in [3.05, 3.63) is 78.0 Å². The lowest BCUT2D eigenvalue weighted by molar-refractivity contribution is -0.0138. The summed E-state index contributed by atoms with van der Waals surface area (Å²) < 4.78 is 38.7. The third kappa shape index (κ3) is 5.75. The molecule has 2 fully saturated rings. The summed E-state index contributed by atoms with van der Waals surface area (Å²) in [5, 5.41) is 7.31. The fourth-order valence-corrected chi connectivity index (χ4v) is 5.21. The Morgan fingerprint density at radius 3 is 2.55 bits per heavy atom. The first-order valence-corrected chi connectivity index (χ1v) is 13.8. The molecule has 2 unspecified atom stereocenters. The molecule has 10 nitrogen and oxygen atoms in total. The number of methoxy groups -OCH3 is 1. The van der Waals surface area contributed by atoms with E-state index in [2.05, 4.69) is 33.8 Å². The minimum Gasteiger partial charge on any atom is -0.483 e. The number of primary amides is 1. The van der Waals surface area contributed by atoms with Crippen LogP contribution < -0.4 is 15.8 Å². The number of aromatic nitrogens is 3. The number of thioether (sulfide) groups is 1. The summed E-state index contributed by atoms with van der Waals surface area (Å²) in [5.74, 6) is -0.323. The van der Waals surface area contributed by atoms with Gasteiger partial charge < -0.3 is 30.0 Å². The highest BCUT2D eigenvalue weighted by atomic mass is 32.2. The lowest BCUT2D eigenvalue weighted by atomic mass is 10.1. The van der Waals surface area contributed by atoms with Gasteiger partial charge in [0.05, 0.1) is 24.5 Å². The average molecular weight is 568 g/mol. The van der Waals surface area contributed by atoms with Crippen LogP contribution >= 0.6 is 11.8 Å². The van der Waals surface area contributed by atoms with Gasteiger partial charge in [0.1, 0.15) is 41.7 Å². The zero-order chi connectivity index (χ0) is 28.2. The Labute approximate surface area is 235 Å². The SMILES string of the molecule is COC1CO[C@@H]2C(Oc3cc(F)ccc3Nc3ncnn4cc(C(N)=O)c(C)c34)CO[C@H]12.CSc1ccccc1. The highest BCUT2D eigenvalue weighted by Gasteiger charge is 2.49. The van der Waals surface area contributed by atoms with E-state index < -0.39 is 17.8 Å². The topological polar surface area (TPSA) is 122 Å². The van der Waals surface area contributed by atoms with E-state index >= 15 is 0 Å². The number of ether oxygens (including phenoxy) is 4. The van der Waals surface area contributed by atoms with Crippen LogP contribution in [0.2, 0.25) is 0 Å². The first kappa shape index (κ1) is 27.8. The van der Waals surface area contributed by atoms with E-state index in [4.69, 9.17) is 24.7 Å². The van der Waals surface area contributed by atoms with Crippen molar-refractivity contribution in [2.75, 3.05) is 31.9 Å². The molecule has 2 aromatic carbocycles. The molecule has 4 heterocycles. The molecule has 4 atom stereocenters. The number of carbonyl (C=O) groups is 1. The van der Waals surface area contributed by atoms with Crippen LogP contribution in [0.25, 0.3) is 5.52 Å². The van der Waals surface area contributed by atoms with Gasteiger partial charge in [-0.05, 0) is 43.0 Å². The van der Waals surface area contributed by atoms with Crippen molar-refractivity contribution in [1.29, 1.82) is 0 Å². The van der Waals surface area contributed by atoms with E-state index in [1.54, 1.807) is 38.1 Å². The number of benzene rings is 2. The third-order valence-corrected chi connectivity index (χ3v) is 7.56. The molecule has 3 N–H and O–H groups in total. The number of halogens is 1. The Hall–Kier alpha value is -3.71. The maximum atomic E-state index is 14.1. The number of nitrogens with one attached hydrogen (secondary N) is 1. The molecule has 12 heteroatoms. The highest BCUT2D eigenvalue weighted by Crippen LogP contribution is 2.36. The zero-order valence-electron chi connectivity index (χ0n) is 22.2. The molecular formula is C28H30FN5O5S. The number of aryl methyl sites for hydroxylation is 1. The number of nitrogens with zero attached hydrogens (tertiary/aromatic N) is 3. The molecule has 0 saturated carbocycles. The molecule has 40 heavy (non-hydrogen) atoms. The van der Waals surface area contributed by atoms with E-state index in [-0.39, 0.29) is 24.1 Å². The second-order valence-corrected chi connectivity index (χ2v) is 10.1. The van der Waals surface area contributed by atoms with Gasteiger partial charge in [0.15, 0.2) is 11.9 Å². The van der Waals surface area contributed by atoms with Gasteiger partial charge in [0.2, 0.25) is 0 Å². The van der Waals surface area contributed by atoms with Gasteiger partial charge in [-0.15, -0.1) is 11.8 Å². The van der Waals surface area contributed by atoms with E-state index in [1.165, 1.54) is 27.9 Å². The summed E-state index contributed by atoms with van der Waals surface area (Å²) >= 11 is 1.77. The normalized spacial score (nSPS) is 21.5. The van der Waals surface area contributed by atoms with Crippen LogP contribution in [0, 0.1) is 12.7 Å². The lowest BCUT2D eigenvalue weighted by Crippen LogP contribution is -2.35. The van der Waals surface area contributed by atoms with Crippen LogP contribution in [-0.2, 0) is 14.2 Å². The van der Waals surface area contributed by atoms with E-state index in [0.717, 1.165) is 0 Å². The number of nitrogens with two attached hydrogens (primary N) is 1. The van der Waals surface area contributed by atoms with Gasteiger partial charge in [-0.2, -0.15) is 5.10 Å². The smallest absolute Gasteiger partial charge is 0.250 e. The summed E-state index contributed by atoms with van der Waals surface area (Å²) in [7, 11) is 1.61. The lowest BCUT2D eigenvalue weighted by Gasteiger charge is -2.20. The van der Waals surface area contributed by atoms with Crippen molar-refractivity contribution >= 4 is 34.7 Å². The average Bonchev–Trinajstić information content (AvgIpc) is 3.66. The van der Waals surface area contributed by atoms with Crippen LogP contribution in [0.4, 0.5) is 15.9 Å². The van der Waals surface area contributed by atoms with Gasteiger partial charge in [-0.25, -0.2) is 13.9 Å². The maximum absolute atomic E-state index is 14.1. The van der Waals surface area contributed by atoms with Crippen LogP contribution in [0.3, 0.4) is 0 Å². The number of fused-ring (bicyclic) bond motifs is 2. The van der Waals surface area contributed by atoms with E-state index in [9.17, 15) is 9.18 Å². The number of amides is 1. The zero-order valence-corrected chi connectivity index (χ0v) is 23.1. The van der Waals surface area contributed by atoms with Crippen molar-refractivity contribution < 1.29 is 28.1 Å². The Morgan fingerprint density at radius 2 is 1.88 bits per heavy atom. The summed E-state index contributed by atoms with van der Waals surface area (Å²) in [6.07, 6.45) is 3.83. The number of carbonyl (C=O) groups excluding carboxylic acids is 1. The fraction of sp³-hybridized carbons (Fsp3) is 0.321. The van der Waals surface area contributed by atoms with Gasteiger partial charge in [0, 0.05) is 24.3 Å². The van der Waals surface area contributed by atoms with Gasteiger partial charge in [0.25, 0.3) is 5.91 Å². The predicted molar refractivity (Wildman–Crippen MR) is 149 cm³/mol. The standard InChI is InChI=1S/C21H22FN5O5.C7H8S/c1-10-12(20(23)28)6-27-17(10)21(24-9-25-27)26-13-4-3-11(22)5-14(13)32-16-8-31-18-15(29-2)7-30-19(16)18;1-8-7-5-3-2-4-6-7/h3-6,9,15-16,18-19H,7-8H2,1-2H3,(H2,23,28)(H,24,25,26);2-6H,1H3/t15?,16?,18-,19-;/m1./s1. The predicted octanol–water partition coefficient (Wildman–Crippen LogP) is 3.99. The quantitative estimate of drug-likeness (QED) is 0.319. The Balaban J connectivity index is 0.000000348. The second-order valence-electron chi connectivity index (χ2n) is 9.24. The molecule has 2 aliphatic heterocycles. The molecule has 6 rings (SSSR count). The number of rotatable bonds is 7. The largest absolute Gasteiger partial charge is 0.483 e. The van der Waals surface area contributed by atoms with Crippen LogP contribution in [0.5, 0.6) is 5.75 Å². The molecule has 2 saturated heterocycles. The monoisotopic (exact) mass is 567 g/mol. The highest BCUT2D eigenvalue weighted by molar-refractivity contribution is 7.98. The Bertz CT molecular complexity index is 1490. The molecule has 210 valence electrons. The molecule has 2 aliphatic rings. The van der Waals surface area contributed by atoms with Crippen molar-refractivity contribution in [2.24, 2.45) is 5.73 Å². The molecule has 0 radical (unpaired) electrons. The third-order valence-electron chi connectivity index (χ3n) is 6.81. The van der Waals surface area contributed by atoms with Gasteiger partial charge in [-0.3, -0.25) is 4.79 Å². The second kappa shape index (κ2) is 12.2. The van der Waals surface area contributed by atoms with Crippen molar-refractivity contribution in [1.82, 2.24) is 14.6 Å². The number of hydrogen-bond donors (Lipinski definition) is 2. The van der Waals surface area contributed by atoms with Gasteiger partial charge in [-0.1, -0.05) is 18.2 Å². The number of hydrogen-bond acceptors (Lipinski definition) is 9. The number of anilines is 2. The molecule has 4 aromatic rings. The molecule has 0 bridgehead atoms. The molecule has 0 spiro atoms. The molecule has 0 aliphatic carbocycles. The minimum absolute atomic E-state index is 0.162. The van der Waals surface area contributed by atoms with Crippen molar-refractivity contribution in [2.45, 2.75) is 36.2 Å².